The first-order chi connectivity index (χ1) is 28.7. The Hall–Kier alpha value is -8.15. The molecule has 0 unspecified atom stereocenters. The van der Waals surface area contributed by atoms with Gasteiger partial charge in [-0.25, -0.2) is 4.79 Å². The van der Waals surface area contributed by atoms with Crippen LogP contribution >= 0.6 is 0 Å². The summed E-state index contributed by atoms with van der Waals surface area (Å²) in [5, 5.41) is 34.7. The van der Waals surface area contributed by atoms with Crippen LogP contribution in [0.2, 0.25) is 0 Å². The molecule has 1 amide bonds. The highest BCUT2D eigenvalue weighted by molar-refractivity contribution is 7.85. The molecule has 0 heterocycles. The standard InChI is InChI=1S/C43H33N9O7S/c1-24-20-37(51-48-31-12-4-26(5-13-31)25-2-10-30(11-3-25)47-50-34-17-19-38(53)36(23-34)43(55)56)40(45)41(39(24)44)52-49-32-14-6-27(7-15-32)42(54)46-33-16-8-29-22-35(60(57,58)59)18-9-28(29)21-33/h2-23,47H,44-45H2,1H3,(H,46,54)(H,55,56)(H,57,58,59). The topological polar surface area (TPSA) is 264 Å². The van der Waals surface area contributed by atoms with Crippen LogP contribution in [0.1, 0.15) is 15.9 Å². The van der Waals surface area contributed by atoms with Gasteiger partial charge in [-0.1, -0.05) is 36.4 Å². The van der Waals surface area contributed by atoms with Crippen molar-refractivity contribution < 1.29 is 32.5 Å². The van der Waals surface area contributed by atoms with E-state index in [4.69, 9.17) is 16.6 Å². The van der Waals surface area contributed by atoms with Crippen LogP contribution in [-0.4, -0.2) is 41.4 Å². The third-order valence-electron chi connectivity index (χ3n) is 9.19. The average molecular weight is 820 g/mol. The number of hydrogen-bond acceptors (Lipinski definition) is 13. The molecule has 17 heteroatoms. The lowest BCUT2D eigenvalue weighted by Gasteiger charge is -2.09. The monoisotopic (exact) mass is 819 g/mol. The van der Waals surface area contributed by atoms with Crippen LogP contribution in [0.4, 0.5) is 45.5 Å². The van der Waals surface area contributed by atoms with Crippen molar-refractivity contribution in [3.8, 4) is 11.1 Å². The minimum absolute atomic E-state index is 0.174. The number of benzene rings is 6. The predicted molar refractivity (Wildman–Crippen MR) is 229 cm³/mol. The van der Waals surface area contributed by atoms with Gasteiger partial charge in [0.2, 0.25) is 0 Å². The van der Waals surface area contributed by atoms with Gasteiger partial charge in [0.1, 0.15) is 16.9 Å². The summed E-state index contributed by atoms with van der Waals surface area (Å²) in [7, 11) is -4.34. The van der Waals surface area contributed by atoms with E-state index < -0.39 is 21.9 Å². The third kappa shape index (κ3) is 9.18. The number of azo groups is 2. The molecule has 0 saturated carbocycles. The van der Waals surface area contributed by atoms with E-state index in [0.29, 0.717) is 61.7 Å². The number of carboxylic acids is 1. The maximum absolute atomic E-state index is 13.0. The second kappa shape index (κ2) is 16.8. The summed E-state index contributed by atoms with van der Waals surface area (Å²) in [6.07, 6.45) is 3.81. The highest BCUT2D eigenvalue weighted by atomic mass is 32.2. The lowest BCUT2D eigenvalue weighted by molar-refractivity contribution is -0.134. The van der Waals surface area contributed by atoms with Gasteiger partial charge in [-0.2, -0.15) is 23.7 Å². The Morgan fingerprint density at radius 1 is 0.683 bits per heavy atom. The molecule has 60 heavy (non-hydrogen) atoms. The van der Waals surface area contributed by atoms with Crippen molar-refractivity contribution in [1.82, 2.24) is 0 Å². The van der Waals surface area contributed by atoms with Crippen molar-refractivity contribution in [2.75, 3.05) is 22.2 Å². The Balaban J connectivity index is 0.983. The van der Waals surface area contributed by atoms with E-state index in [1.54, 1.807) is 67.6 Å². The van der Waals surface area contributed by atoms with E-state index in [1.807, 2.05) is 36.4 Å². The van der Waals surface area contributed by atoms with Crippen LogP contribution < -0.4 is 22.2 Å². The second-order valence-electron chi connectivity index (χ2n) is 13.3. The van der Waals surface area contributed by atoms with E-state index in [-0.39, 0.29) is 27.8 Å². The Kier molecular flexibility index (Phi) is 11.2. The highest BCUT2D eigenvalue weighted by Gasteiger charge is 2.19. The summed E-state index contributed by atoms with van der Waals surface area (Å²) < 4.78 is 32.2. The van der Waals surface area contributed by atoms with Crippen molar-refractivity contribution in [3.63, 3.8) is 0 Å². The Bertz CT molecular complexity index is 2980. The fourth-order valence-corrected chi connectivity index (χ4v) is 6.43. The van der Waals surface area contributed by atoms with Gasteiger partial charge in [0.15, 0.2) is 5.78 Å². The number of aliphatic carboxylic acids is 1. The molecule has 16 nitrogen and oxygen atoms in total. The van der Waals surface area contributed by atoms with Crippen molar-refractivity contribution >= 4 is 89.8 Å². The highest BCUT2D eigenvalue weighted by Crippen LogP contribution is 2.41. The maximum Gasteiger partial charge on any atom is 0.339 e. The Morgan fingerprint density at radius 3 is 1.95 bits per heavy atom. The normalized spacial score (nSPS) is 13.6. The molecule has 0 atom stereocenters. The summed E-state index contributed by atoms with van der Waals surface area (Å²) in [5.41, 5.74) is 21.6. The molecule has 0 aliphatic heterocycles. The van der Waals surface area contributed by atoms with Gasteiger partial charge in [-0.3, -0.25) is 19.6 Å². The molecular formula is C43H33N9O7S. The van der Waals surface area contributed by atoms with Gasteiger partial charge in [-0.15, -0.1) is 10.2 Å². The van der Waals surface area contributed by atoms with Crippen LogP contribution in [0, 0.1) is 6.92 Å². The van der Waals surface area contributed by atoms with Crippen LogP contribution in [0.25, 0.3) is 21.9 Å². The van der Waals surface area contributed by atoms with Crippen LogP contribution in [0.3, 0.4) is 0 Å². The van der Waals surface area contributed by atoms with Crippen LogP contribution in [-0.2, 0) is 19.7 Å². The van der Waals surface area contributed by atoms with Crippen LogP contribution in [0.15, 0.2) is 170 Å². The van der Waals surface area contributed by atoms with Crippen LogP contribution in [0.5, 0.6) is 0 Å². The van der Waals surface area contributed by atoms with E-state index in [0.717, 1.165) is 17.2 Å². The molecule has 0 spiro atoms. The fourth-order valence-electron chi connectivity index (χ4n) is 5.91. The zero-order valence-electron chi connectivity index (χ0n) is 31.4. The number of nitrogen functional groups attached to an aromatic ring is 2. The molecule has 1 aliphatic carbocycles. The maximum atomic E-state index is 13.0. The Morgan fingerprint density at radius 2 is 1.28 bits per heavy atom. The first kappa shape index (κ1) is 40.1. The van der Waals surface area contributed by atoms with E-state index in [9.17, 15) is 27.4 Å². The van der Waals surface area contributed by atoms with E-state index in [1.165, 1.54) is 30.4 Å². The number of aryl methyl sites for hydroxylation is 1. The SMILES string of the molecule is Cc1cc(N=Nc2ccc(-c3ccc(NN=C4C=CC(=O)C(C(=O)O)=C4)cc3)cc2)c(N)c(N=Nc2ccc(C(=O)Nc3ccc4cc(S(=O)(=O)O)ccc4c3)cc2)c1N. The minimum Gasteiger partial charge on any atom is -0.478 e. The lowest BCUT2D eigenvalue weighted by atomic mass is 10.0. The Labute approximate surface area is 342 Å². The number of fused-ring (bicyclic) bond motifs is 1. The summed E-state index contributed by atoms with van der Waals surface area (Å²) >= 11 is 0. The van der Waals surface area contributed by atoms with Gasteiger partial charge < -0.3 is 21.9 Å². The molecule has 1 aliphatic rings. The third-order valence-corrected chi connectivity index (χ3v) is 10.0. The number of hydrogen-bond donors (Lipinski definition) is 6. The van der Waals surface area contributed by atoms with E-state index in [2.05, 4.69) is 36.3 Å². The molecule has 0 saturated heterocycles. The van der Waals surface area contributed by atoms with Gasteiger partial charge in [0.25, 0.3) is 16.0 Å². The molecule has 6 aromatic rings. The van der Waals surface area contributed by atoms with Gasteiger partial charge in [0, 0.05) is 11.3 Å². The smallest absolute Gasteiger partial charge is 0.339 e. The molecule has 0 radical (unpaired) electrons. The van der Waals surface area contributed by atoms with Crippen molar-refractivity contribution in [2.24, 2.45) is 25.6 Å². The average Bonchev–Trinajstić information content (AvgIpc) is 3.24. The molecule has 7 rings (SSSR count). The van der Waals surface area contributed by atoms with Crippen molar-refractivity contribution in [1.29, 1.82) is 0 Å². The molecular weight excluding hydrogens is 787 g/mol. The molecule has 0 bridgehead atoms. The molecule has 298 valence electrons. The first-order valence-corrected chi connectivity index (χ1v) is 19.3. The molecule has 6 aromatic carbocycles. The molecule has 0 fully saturated rings. The summed E-state index contributed by atoms with van der Waals surface area (Å²) in [6, 6.07) is 32.0. The van der Waals surface area contributed by atoms with Crippen molar-refractivity contribution in [2.45, 2.75) is 11.8 Å². The van der Waals surface area contributed by atoms with E-state index >= 15 is 0 Å². The largest absolute Gasteiger partial charge is 0.478 e. The number of nitrogens with one attached hydrogen (secondary N) is 2. The number of carboxylic acid groups (broad SMARTS) is 1. The number of allylic oxidation sites excluding steroid dienone is 3. The van der Waals surface area contributed by atoms with Gasteiger partial charge in [0.05, 0.1) is 39.0 Å². The minimum atomic E-state index is -4.34. The molecule has 0 aromatic heterocycles. The predicted octanol–water partition coefficient (Wildman–Crippen LogP) is 9.23. The van der Waals surface area contributed by atoms with Gasteiger partial charge >= 0.3 is 5.97 Å². The zero-order valence-corrected chi connectivity index (χ0v) is 32.3. The fraction of sp³-hybridized carbons (Fsp3) is 0.0233. The summed E-state index contributed by atoms with van der Waals surface area (Å²) in [5.74, 6) is -2.28. The number of nitrogens with zero attached hydrogens (tertiary/aromatic N) is 5. The van der Waals surface area contributed by atoms with Gasteiger partial charge in [-0.05, 0) is 131 Å². The second-order valence-corrected chi connectivity index (χ2v) is 14.7. The number of carbonyl (C=O) groups is 3. The summed E-state index contributed by atoms with van der Waals surface area (Å²) in [4.78, 5) is 35.7. The van der Waals surface area contributed by atoms with Crippen molar-refractivity contribution in [3.05, 3.63) is 150 Å². The first-order valence-electron chi connectivity index (χ1n) is 17.9. The number of anilines is 4. The number of rotatable bonds is 11. The number of hydrazone groups is 1. The molecule has 8 N–H and O–H groups in total. The zero-order chi connectivity index (χ0) is 42.6. The number of ketones is 1. The quantitative estimate of drug-likeness (QED) is 0.0180. The number of carbonyl (C=O) groups excluding carboxylic acids is 2. The number of nitrogens with two attached hydrogens (primary N) is 2. The number of amides is 1. The summed E-state index contributed by atoms with van der Waals surface area (Å²) in [6.45, 7) is 1.79. The lowest BCUT2D eigenvalue weighted by Crippen LogP contribution is -2.15.